The monoisotopic (exact) mass is 642 g/mol. The van der Waals surface area contributed by atoms with E-state index in [-0.39, 0.29) is 30.3 Å². The first-order chi connectivity index (χ1) is 20.5. The van der Waals surface area contributed by atoms with Gasteiger partial charge in [0.05, 0.1) is 24.8 Å². The number of amides is 2. The summed E-state index contributed by atoms with van der Waals surface area (Å²) in [5.74, 6) is -0.621. The maximum atomic E-state index is 13.6. The summed E-state index contributed by atoms with van der Waals surface area (Å²) in [7, 11) is -2.41. The Bertz CT molecular complexity index is 1720. The fraction of sp³-hybridized carbons (Fsp3) is 0.167. The molecule has 0 aliphatic rings. The Morgan fingerprint density at radius 2 is 1.67 bits per heavy atom. The minimum atomic E-state index is -3.96. The summed E-state index contributed by atoms with van der Waals surface area (Å²) in [5, 5.41) is 7.02. The number of aryl methyl sites for hydroxylation is 1. The maximum absolute atomic E-state index is 13.6. The van der Waals surface area contributed by atoms with Crippen molar-refractivity contribution in [3.63, 3.8) is 0 Å². The molecule has 0 atom stereocenters. The molecule has 10 nitrogen and oxygen atoms in total. The molecule has 1 aromatic heterocycles. The zero-order valence-corrected chi connectivity index (χ0v) is 25.5. The average molecular weight is 644 g/mol. The minimum absolute atomic E-state index is 0.0436. The van der Waals surface area contributed by atoms with Crippen LogP contribution in [0.1, 0.15) is 28.2 Å². The van der Waals surface area contributed by atoms with Gasteiger partial charge in [0.15, 0.2) is 0 Å². The highest BCUT2D eigenvalue weighted by molar-refractivity contribution is 7.89. The van der Waals surface area contributed by atoms with E-state index in [0.717, 1.165) is 11.1 Å². The average Bonchev–Trinajstić information content (AvgIpc) is 3.44. The van der Waals surface area contributed by atoms with E-state index in [1.807, 2.05) is 6.92 Å². The number of halogens is 2. The summed E-state index contributed by atoms with van der Waals surface area (Å²) >= 11 is 12.4. The Hall–Kier alpha value is -4.16. The number of hydrogen-bond donors (Lipinski definition) is 2. The topological polar surface area (TPSA) is 130 Å². The van der Waals surface area contributed by atoms with Crippen molar-refractivity contribution in [2.24, 2.45) is 5.10 Å². The van der Waals surface area contributed by atoms with Crippen molar-refractivity contribution in [1.82, 2.24) is 15.0 Å². The van der Waals surface area contributed by atoms with Gasteiger partial charge in [-0.25, -0.2) is 13.8 Å². The van der Waals surface area contributed by atoms with Gasteiger partial charge in [0, 0.05) is 23.1 Å². The molecule has 13 heteroatoms. The number of ether oxygens (including phenoxy) is 1. The Labute approximate surface area is 259 Å². The fourth-order valence-electron chi connectivity index (χ4n) is 3.86. The summed E-state index contributed by atoms with van der Waals surface area (Å²) in [6.45, 7) is 1.84. The molecule has 0 aliphatic carbocycles. The number of rotatable bonds is 11. The van der Waals surface area contributed by atoms with Gasteiger partial charge in [0.1, 0.15) is 17.3 Å². The fourth-order valence-corrected chi connectivity index (χ4v) is 5.71. The Kier molecular flexibility index (Phi) is 10.6. The van der Waals surface area contributed by atoms with Gasteiger partial charge in [-0.15, -0.1) is 0 Å². The molecular formula is C30H28Cl2N4O6S. The van der Waals surface area contributed by atoms with Gasteiger partial charge in [0.2, 0.25) is 10.0 Å². The number of nitrogens with one attached hydrogen (secondary N) is 2. The Morgan fingerprint density at radius 1 is 0.953 bits per heavy atom. The molecule has 2 N–H and O–H groups in total. The number of carbonyl (C=O) groups excluding carboxylic acids is 2. The molecule has 0 saturated heterocycles. The van der Waals surface area contributed by atoms with E-state index >= 15 is 0 Å². The van der Waals surface area contributed by atoms with Crippen molar-refractivity contribution in [2.45, 2.75) is 31.5 Å². The van der Waals surface area contributed by atoms with Crippen LogP contribution in [0.15, 0.2) is 93.3 Å². The van der Waals surface area contributed by atoms with Gasteiger partial charge < -0.3 is 14.5 Å². The molecule has 224 valence electrons. The molecule has 1 heterocycles. The third-order valence-corrected chi connectivity index (χ3v) is 8.60. The largest absolute Gasteiger partial charge is 0.497 e. The van der Waals surface area contributed by atoms with E-state index in [0.29, 0.717) is 27.1 Å². The van der Waals surface area contributed by atoms with Gasteiger partial charge in [-0.05, 0) is 66.6 Å². The lowest BCUT2D eigenvalue weighted by Gasteiger charge is -2.22. The third kappa shape index (κ3) is 8.68. The number of sulfonamides is 1. The van der Waals surface area contributed by atoms with Crippen LogP contribution in [0.3, 0.4) is 0 Å². The first kappa shape index (κ1) is 31.8. The van der Waals surface area contributed by atoms with Crippen LogP contribution in [-0.4, -0.2) is 37.9 Å². The minimum Gasteiger partial charge on any atom is -0.497 e. The predicted octanol–water partition coefficient (Wildman–Crippen LogP) is 5.06. The van der Waals surface area contributed by atoms with Gasteiger partial charge in [-0.2, -0.15) is 9.41 Å². The summed E-state index contributed by atoms with van der Waals surface area (Å²) in [6, 6.07) is 21.5. The van der Waals surface area contributed by atoms with Crippen LogP contribution < -0.4 is 15.5 Å². The van der Waals surface area contributed by atoms with E-state index in [9.17, 15) is 18.0 Å². The second-order valence-corrected chi connectivity index (χ2v) is 12.1. The summed E-state index contributed by atoms with van der Waals surface area (Å²) < 4.78 is 39.3. The van der Waals surface area contributed by atoms with Crippen LogP contribution in [0.25, 0.3) is 0 Å². The number of furan rings is 1. The number of hydrogen-bond acceptors (Lipinski definition) is 7. The van der Waals surface area contributed by atoms with Crippen LogP contribution >= 0.6 is 23.2 Å². The highest BCUT2D eigenvalue weighted by atomic mass is 35.5. The van der Waals surface area contributed by atoms with Gasteiger partial charge in [0.25, 0.3) is 0 Å². The molecule has 4 rings (SSSR count). The van der Waals surface area contributed by atoms with E-state index in [1.165, 1.54) is 22.7 Å². The standard InChI is InChI=1S/C30H28Cl2N4O6S/c1-20-3-13-27(14-4-20)43(39,40)36(18-22-7-8-23(31)15-28(22)32)19-26-12-11-25(42-26)17-34-35-30(38)29(37)33-16-21-5-9-24(41-2)10-6-21/h3-15,17H,16,18-19H2,1-2H3,(H,33,37)(H,35,38)/b34-17+. The Balaban J connectivity index is 1.41. The van der Waals surface area contributed by atoms with Crippen LogP contribution in [0.2, 0.25) is 10.0 Å². The van der Waals surface area contributed by atoms with E-state index in [4.69, 9.17) is 32.4 Å². The molecule has 0 radical (unpaired) electrons. The molecule has 0 bridgehead atoms. The second-order valence-electron chi connectivity index (χ2n) is 9.36. The first-order valence-electron chi connectivity index (χ1n) is 12.9. The lowest BCUT2D eigenvalue weighted by atomic mass is 10.2. The van der Waals surface area contributed by atoms with Crippen molar-refractivity contribution >= 4 is 51.3 Å². The lowest BCUT2D eigenvalue weighted by molar-refractivity contribution is -0.139. The number of benzene rings is 3. The van der Waals surface area contributed by atoms with E-state index < -0.39 is 21.8 Å². The van der Waals surface area contributed by atoms with Crippen LogP contribution in [0, 0.1) is 6.92 Å². The number of hydrazone groups is 1. The van der Waals surface area contributed by atoms with E-state index in [2.05, 4.69) is 15.8 Å². The molecule has 43 heavy (non-hydrogen) atoms. The maximum Gasteiger partial charge on any atom is 0.329 e. The zero-order chi connectivity index (χ0) is 31.0. The molecule has 0 unspecified atom stereocenters. The molecule has 2 amide bonds. The van der Waals surface area contributed by atoms with Crippen LogP contribution in [0.5, 0.6) is 5.75 Å². The molecule has 0 spiro atoms. The van der Waals surface area contributed by atoms with Crippen molar-refractivity contribution in [1.29, 1.82) is 0 Å². The second kappa shape index (κ2) is 14.3. The molecule has 0 aliphatic heterocycles. The number of carbonyl (C=O) groups is 2. The van der Waals surface area contributed by atoms with Crippen molar-refractivity contribution in [3.8, 4) is 5.75 Å². The Morgan fingerprint density at radius 3 is 2.35 bits per heavy atom. The van der Waals surface area contributed by atoms with Crippen molar-refractivity contribution < 1.29 is 27.2 Å². The number of nitrogens with zero attached hydrogens (tertiary/aromatic N) is 2. The number of methoxy groups -OCH3 is 1. The van der Waals surface area contributed by atoms with E-state index in [1.54, 1.807) is 73.8 Å². The van der Waals surface area contributed by atoms with Crippen molar-refractivity contribution in [2.75, 3.05) is 7.11 Å². The zero-order valence-electron chi connectivity index (χ0n) is 23.2. The quantitative estimate of drug-likeness (QED) is 0.134. The molecule has 0 fully saturated rings. The third-order valence-electron chi connectivity index (χ3n) is 6.21. The van der Waals surface area contributed by atoms with Gasteiger partial charge in [-0.3, -0.25) is 9.59 Å². The molecule has 3 aromatic carbocycles. The van der Waals surface area contributed by atoms with Crippen LogP contribution in [0.4, 0.5) is 0 Å². The molecular weight excluding hydrogens is 615 g/mol. The van der Waals surface area contributed by atoms with Crippen LogP contribution in [-0.2, 0) is 39.2 Å². The SMILES string of the molecule is COc1ccc(CNC(=O)C(=O)N/N=C/c2ccc(CN(Cc3ccc(Cl)cc3Cl)S(=O)(=O)c3ccc(C)cc3)o2)cc1. The van der Waals surface area contributed by atoms with Crippen molar-refractivity contribution in [3.05, 3.63) is 117 Å². The first-order valence-corrected chi connectivity index (χ1v) is 15.1. The summed E-state index contributed by atoms with van der Waals surface area (Å²) in [5.41, 5.74) is 4.40. The summed E-state index contributed by atoms with van der Waals surface area (Å²) in [4.78, 5) is 24.3. The smallest absolute Gasteiger partial charge is 0.329 e. The summed E-state index contributed by atoms with van der Waals surface area (Å²) in [6.07, 6.45) is 1.20. The highest BCUT2D eigenvalue weighted by Gasteiger charge is 2.27. The molecule has 4 aromatic rings. The van der Waals surface area contributed by atoms with Gasteiger partial charge >= 0.3 is 11.8 Å². The van der Waals surface area contributed by atoms with Gasteiger partial charge in [-0.1, -0.05) is 59.1 Å². The predicted molar refractivity (Wildman–Crippen MR) is 163 cm³/mol. The normalized spacial score (nSPS) is 11.6. The lowest BCUT2D eigenvalue weighted by Crippen LogP contribution is -2.37. The highest BCUT2D eigenvalue weighted by Crippen LogP contribution is 2.27. The molecule has 0 saturated carbocycles.